The third-order valence-corrected chi connectivity index (χ3v) is 5.47. The molecule has 4 atom stereocenters. The number of aliphatic hydroxyl groups excluding tert-OH is 3. The van der Waals surface area contributed by atoms with E-state index in [4.69, 9.17) is 14.6 Å². The average molecular weight is 401 g/mol. The van der Waals surface area contributed by atoms with E-state index in [9.17, 15) is 10.2 Å². The predicted octanol–water partition coefficient (Wildman–Crippen LogP) is 4.13. The zero-order chi connectivity index (χ0) is 20.5. The summed E-state index contributed by atoms with van der Waals surface area (Å²) in [6, 6.07) is 0. The van der Waals surface area contributed by atoms with Gasteiger partial charge in [0.1, 0.15) is 24.4 Å². The molecule has 0 radical (unpaired) electrons. The number of ether oxygens (including phenoxy) is 2. The molecule has 1 heterocycles. The first-order valence-corrected chi connectivity index (χ1v) is 11.6. The lowest BCUT2D eigenvalue weighted by Gasteiger charge is -2.20. The van der Waals surface area contributed by atoms with E-state index in [2.05, 4.69) is 19.1 Å². The lowest BCUT2D eigenvalue weighted by atomic mass is 10.1. The van der Waals surface area contributed by atoms with Gasteiger partial charge in [-0.15, -0.1) is 0 Å². The SMILES string of the molecule is CCCCCCCCC/C=C/CCCCCCO[C@@H]1CO[C@H]([C@@H](O)CO)[C@@H]1O. The molecule has 1 rings (SSSR count). The molecule has 0 aromatic carbocycles. The van der Waals surface area contributed by atoms with E-state index in [1.165, 1.54) is 64.2 Å². The topological polar surface area (TPSA) is 79.2 Å². The van der Waals surface area contributed by atoms with Crippen LogP contribution >= 0.6 is 0 Å². The molecule has 0 bridgehead atoms. The van der Waals surface area contributed by atoms with Crippen molar-refractivity contribution in [3.63, 3.8) is 0 Å². The van der Waals surface area contributed by atoms with Crippen LogP contribution < -0.4 is 0 Å². The molecular weight excluding hydrogens is 356 g/mol. The largest absolute Gasteiger partial charge is 0.394 e. The first-order chi connectivity index (χ1) is 13.7. The molecule has 5 nitrogen and oxygen atoms in total. The van der Waals surface area contributed by atoms with Gasteiger partial charge in [-0.2, -0.15) is 0 Å². The van der Waals surface area contributed by atoms with Crippen molar-refractivity contribution in [2.75, 3.05) is 19.8 Å². The molecule has 0 aliphatic carbocycles. The molecule has 3 N–H and O–H groups in total. The van der Waals surface area contributed by atoms with Crippen LogP contribution in [-0.2, 0) is 9.47 Å². The second-order valence-electron chi connectivity index (χ2n) is 8.03. The van der Waals surface area contributed by atoms with Crippen LogP contribution in [0.15, 0.2) is 12.2 Å². The highest BCUT2D eigenvalue weighted by Gasteiger charge is 2.40. The average Bonchev–Trinajstić information content (AvgIpc) is 3.07. The lowest BCUT2D eigenvalue weighted by molar-refractivity contribution is -0.0730. The van der Waals surface area contributed by atoms with E-state index in [0.717, 1.165) is 19.3 Å². The quantitative estimate of drug-likeness (QED) is 0.238. The van der Waals surface area contributed by atoms with E-state index in [1.807, 2.05) is 0 Å². The maximum absolute atomic E-state index is 10.0. The Balaban J connectivity index is 1.85. The van der Waals surface area contributed by atoms with E-state index >= 15 is 0 Å². The third kappa shape index (κ3) is 11.5. The number of hydrogen-bond donors (Lipinski definition) is 3. The van der Waals surface area contributed by atoms with Crippen molar-refractivity contribution in [2.45, 2.75) is 115 Å². The molecule has 0 saturated carbocycles. The third-order valence-electron chi connectivity index (χ3n) is 5.47. The van der Waals surface area contributed by atoms with Gasteiger partial charge in [0.25, 0.3) is 0 Å². The zero-order valence-electron chi connectivity index (χ0n) is 17.9. The summed E-state index contributed by atoms with van der Waals surface area (Å²) < 4.78 is 11.0. The molecule has 0 unspecified atom stereocenters. The molecule has 5 heteroatoms. The maximum Gasteiger partial charge on any atom is 0.114 e. The molecule has 1 aliphatic rings. The summed E-state index contributed by atoms with van der Waals surface area (Å²) in [6.45, 7) is 2.72. The standard InChI is InChI=1S/C23H44O5/c1-2-3-4-5-6-7-8-9-10-11-12-13-14-15-16-17-27-21-19-28-23(22(21)26)20(25)18-24/h10-11,20-26H,2-9,12-19H2,1H3/b11-10+/t20-,21+,22+,23+/m0/s1. The minimum atomic E-state index is -1.05. The Kier molecular flexibility index (Phi) is 15.9. The minimum Gasteiger partial charge on any atom is -0.394 e. The zero-order valence-corrected chi connectivity index (χ0v) is 17.9. The fourth-order valence-corrected chi connectivity index (χ4v) is 3.61. The van der Waals surface area contributed by atoms with Gasteiger partial charge in [-0.1, -0.05) is 70.4 Å². The minimum absolute atomic E-state index is 0.270. The van der Waals surface area contributed by atoms with Crippen molar-refractivity contribution in [1.29, 1.82) is 0 Å². The molecule has 0 aromatic heterocycles. The van der Waals surface area contributed by atoms with Crippen LogP contribution in [0.4, 0.5) is 0 Å². The number of rotatable bonds is 18. The van der Waals surface area contributed by atoms with Gasteiger partial charge in [-0.3, -0.25) is 0 Å². The van der Waals surface area contributed by atoms with Crippen LogP contribution in [0.1, 0.15) is 90.4 Å². The van der Waals surface area contributed by atoms with Crippen molar-refractivity contribution in [3.05, 3.63) is 12.2 Å². The van der Waals surface area contributed by atoms with Crippen LogP contribution in [-0.4, -0.2) is 59.6 Å². The van der Waals surface area contributed by atoms with Crippen molar-refractivity contribution in [2.24, 2.45) is 0 Å². The number of aliphatic hydroxyl groups is 3. The second kappa shape index (κ2) is 17.4. The fraction of sp³-hybridized carbons (Fsp3) is 0.913. The number of allylic oxidation sites excluding steroid dienone is 2. The summed E-state index contributed by atoms with van der Waals surface area (Å²) in [4.78, 5) is 0. The van der Waals surface area contributed by atoms with Crippen LogP contribution in [0.5, 0.6) is 0 Å². The molecular formula is C23H44O5. The van der Waals surface area contributed by atoms with Crippen LogP contribution in [0.25, 0.3) is 0 Å². The summed E-state index contributed by atoms with van der Waals surface area (Å²) in [5.74, 6) is 0. The summed E-state index contributed by atoms with van der Waals surface area (Å²) in [5.41, 5.74) is 0. The van der Waals surface area contributed by atoms with Crippen LogP contribution in [0.2, 0.25) is 0 Å². The van der Waals surface area contributed by atoms with Crippen molar-refractivity contribution < 1.29 is 24.8 Å². The Morgan fingerprint density at radius 2 is 1.50 bits per heavy atom. The Morgan fingerprint density at radius 3 is 2.11 bits per heavy atom. The van der Waals surface area contributed by atoms with Crippen molar-refractivity contribution >= 4 is 0 Å². The van der Waals surface area contributed by atoms with Gasteiger partial charge in [-0.25, -0.2) is 0 Å². The Labute approximate surface area is 172 Å². The number of unbranched alkanes of at least 4 members (excludes halogenated alkanes) is 11. The first kappa shape index (κ1) is 25.6. The van der Waals surface area contributed by atoms with Crippen LogP contribution in [0, 0.1) is 0 Å². The predicted molar refractivity (Wildman–Crippen MR) is 113 cm³/mol. The van der Waals surface area contributed by atoms with Crippen LogP contribution in [0.3, 0.4) is 0 Å². The van der Waals surface area contributed by atoms with E-state index in [-0.39, 0.29) is 6.61 Å². The van der Waals surface area contributed by atoms with Gasteiger partial charge in [-0.05, 0) is 32.1 Å². The summed E-state index contributed by atoms with van der Waals surface area (Å²) in [5, 5.41) is 28.5. The van der Waals surface area contributed by atoms with E-state index in [1.54, 1.807) is 0 Å². The van der Waals surface area contributed by atoms with Gasteiger partial charge in [0.2, 0.25) is 0 Å². The molecule has 1 aliphatic heterocycles. The smallest absolute Gasteiger partial charge is 0.114 e. The Morgan fingerprint density at radius 1 is 0.929 bits per heavy atom. The Bertz CT molecular complexity index is 374. The first-order valence-electron chi connectivity index (χ1n) is 11.6. The highest BCUT2D eigenvalue weighted by molar-refractivity contribution is 4.88. The van der Waals surface area contributed by atoms with Gasteiger partial charge < -0.3 is 24.8 Å². The normalized spacial score (nSPS) is 23.6. The summed E-state index contributed by atoms with van der Waals surface area (Å²) >= 11 is 0. The molecule has 0 amide bonds. The summed E-state index contributed by atoms with van der Waals surface area (Å²) in [6.07, 6.45) is 18.1. The maximum atomic E-state index is 10.0. The molecule has 0 aromatic rings. The van der Waals surface area contributed by atoms with Crippen molar-refractivity contribution in [3.8, 4) is 0 Å². The van der Waals surface area contributed by atoms with Gasteiger partial charge in [0.05, 0.1) is 13.2 Å². The molecule has 0 spiro atoms. The number of hydrogen-bond acceptors (Lipinski definition) is 5. The molecule has 28 heavy (non-hydrogen) atoms. The fourth-order valence-electron chi connectivity index (χ4n) is 3.61. The molecule has 166 valence electrons. The lowest BCUT2D eigenvalue weighted by Crippen LogP contribution is -2.41. The van der Waals surface area contributed by atoms with Gasteiger partial charge in [0.15, 0.2) is 0 Å². The molecule has 1 fully saturated rings. The van der Waals surface area contributed by atoms with E-state index in [0.29, 0.717) is 6.61 Å². The monoisotopic (exact) mass is 400 g/mol. The van der Waals surface area contributed by atoms with Crippen molar-refractivity contribution in [1.82, 2.24) is 0 Å². The van der Waals surface area contributed by atoms with E-state index < -0.39 is 31.0 Å². The van der Waals surface area contributed by atoms with Gasteiger partial charge >= 0.3 is 0 Å². The Hall–Kier alpha value is -0.460. The summed E-state index contributed by atoms with van der Waals surface area (Å²) in [7, 11) is 0. The highest BCUT2D eigenvalue weighted by atomic mass is 16.6. The highest BCUT2D eigenvalue weighted by Crippen LogP contribution is 2.20. The molecule has 1 saturated heterocycles. The second-order valence-corrected chi connectivity index (χ2v) is 8.03. The van der Waals surface area contributed by atoms with Gasteiger partial charge in [0, 0.05) is 6.61 Å².